The Bertz CT molecular complexity index is 424. The topological polar surface area (TPSA) is 69.3 Å². The molecule has 18 heavy (non-hydrogen) atoms. The zero-order valence-corrected chi connectivity index (χ0v) is 12.1. The van der Waals surface area contributed by atoms with Crippen LogP contribution in [0, 0.1) is 0 Å². The van der Waals surface area contributed by atoms with E-state index in [0.717, 1.165) is 18.4 Å². The molecule has 0 saturated heterocycles. The molecule has 104 valence electrons. The molecule has 0 aliphatic heterocycles. The molecule has 6 nitrogen and oxygen atoms in total. The summed E-state index contributed by atoms with van der Waals surface area (Å²) in [5.74, 6) is 0. The van der Waals surface area contributed by atoms with Gasteiger partial charge >= 0.3 is 0 Å². The molecule has 1 aromatic rings. The summed E-state index contributed by atoms with van der Waals surface area (Å²) >= 11 is 0. The van der Waals surface area contributed by atoms with E-state index in [1.807, 2.05) is 13.8 Å². The summed E-state index contributed by atoms with van der Waals surface area (Å²) in [7, 11) is -1.78. The third kappa shape index (κ3) is 3.79. The van der Waals surface area contributed by atoms with Crippen molar-refractivity contribution in [2.45, 2.75) is 33.2 Å². The zero-order valence-electron chi connectivity index (χ0n) is 11.3. The summed E-state index contributed by atoms with van der Waals surface area (Å²) in [6.07, 6.45) is 4.98. The van der Waals surface area contributed by atoms with Gasteiger partial charge in [0, 0.05) is 38.4 Å². The van der Waals surface area contributed by atoms with Crippen LogP contribution in [0.4, 0.5) is 0 Å². The zero-order chi connectivity index (χ0) is 13.6. The first-order chi connectivity index (χ1) is 8.52. The number of hydrogen-bond donors (Lipinski definition) is 1. The Balaban J connectivity index is 2.76. The number of aromatic amines is 1. The van der Waals surface area contributed by atoms with Gasteiger partial charge in [0.2, 0.25) is 0 Å². The largest absolute Gasteiger partial charge is 0.285 e. The normalized spacial score (nSPS) is 12.5. The van der Waals surface area contributed by atoms with E-state index in [1.165, 1.54) is 8.61 Å². The first kappa shape index (κ1) is 15.1. The van der Waals surface area contributed by atoms with E-state index in [0.29, 0.717) is 19.6 Å². The molecule has 1 aromatic heterocycles. The highest BCUT2D eigenvalue weighted by molar-refractivity contribution is 7.86. The maximum absolute atomic E-state index is 12.4. The molecule has 0 amide bonds. The highest BCUT2D eigenvalue weighted by Crippen LogP contribution is 2.11. The Morgan fingerprint density at radius 2 is 1.89 bits per heavy atom. The van der Waals surface area contributed by atoms with Crippen molar-refractivity contribution in [1.82, 2.24) is 18.8 Å². The van der Waals surface area contributed by atoms with Gasteiger partial charge in [-0.3, -0.25) is 5.10 Å². The van der Waals surface area contributed by atoms with Crippen LogP contribution in [-0.2, 0) is 16.8 Å². The van der Waals surface area contributed by atoms with Gasteiger partial charge in [0.25, 0.3) is 10.2 Å². The number of nitrogens with one attached hydrogen (secondary N) is 1. The lowest BCUT2D eigenvalue weighted by Crippen LogP contribution is -2.42. The number of rotatable bonds is 8. The Morgan fingerprint density at radius 3 is 2.33 bits per heavy atom. The lowest BCUT2D eigenvalue weighted by atomic mass is 10.4. The smallest absolute Gasteiger partial charge is 0.282 e. The summed E-state index contributed by atoms with van der Waals surface area (Å²) in [5, 5.41) is 6.50. The molecule has 0 spiro atoms. The van der Waals surface area contributed by atoms with E-state index in [-0.39, 0.29) is 0 Å². The molecule has 0 unspecified atom stereocenters. The van der Waals surface area contributed by atoms with Crippen LogP contribution in [0.5, 0.6) is 0 Å². The Labute approximate surface area is 109 Å². The van der Waals surface area contributed by atoms with Gasteiger partial charge in [0.05, 0.1) is 6.20 Å². The van der Waals surface area contributed by atoms with Gasteiger partial charge < -0.3 is 0 Å². The predicted molar refractivity (Wildman–Crippen MR) is 71.1 cm³/mol. The molecule has 1 rings (SSSR count). The quantitative estimate of drug-likeness (QED) is 0.774. The summed E-state index contributed by atoms with van der Waals surface area (Å²) in [5.41, 5.74) is 0.856. The van der Waals surface area contributed by atoms with Gasteiger partial charge in [0.1, 0.15) is 0 Å². The molecule has 1 N–H and O–H groups in total. The third-order valence-electron chi connectivity index (χ3n) is 2.63. The van der Waals surface area contributed by atoms with Crippen molar-refractivity contribution in [3.05, 3.63) is 18.0 Å². The number of nitrogens with zero attached hydrogens (tertiary/aromatic N) is 3. The van der Waals surface area contributed by atoms with E-state index < -0.39 is 10.2 Å². The first-order valence-electron chi connectivity index (χ1n) is 6.21. The van der Waals surface area contributed by atoms with Crippen LogP contribution in [0.25, 0.3) is 0 Å². The fourth-order valence-electron chi connectivity index (χ4n) is 1.74. The Morgan fingerprint density at radius 1 is 1.28 bits per heavy atom. The van der Waals surface area contributed by atoms with Crippen LogP contribution < -0.4 is 0 Å². The summed E-state index contributed by atoms with van der Waals surface area (Å²) in [6.45, 7) is 5.42. The highest BCUT2D eigenvalue weighted by atomic mass is 32.2. The van der Waals surface area contributed by atoms with Crippen molar-refractivity contribution >= 4 is 10.2 Å². The molecule has 7 heteroatoms. The molecule has 1 heterocycles. The van der Waals surface area contributed by atoms with Crippen molar-refractivity contribution in [3.8, 4) is 0 Å². The van der Waals surface area contributed by atoms with Crippen molar-refractivity contribution in [2.75, 3.05) is 20.1 Å². The monoisotopic (exact) mass is 274 g/mol. The van der Waals surface area contributed by atoms with Gasteiger partial charge in [-0.15, -0.1) is 0 Å². The number of hydrogen-bond acceptors (Lipinski definition) is 3. The lowest BCUT2D eigenvalue weighted by Gasteiger charge is -2.26. The standard InChI is InChI=1S/C11H22N4O2S/c1-4-6-15(7-5-2)18(16,17)14(3)10-11-8-12-13-9-11/h8-9H,4-7,10H2,1-3H3,(H,12,13). The molecule has 0 bridgehead atoms. The fourth-order valence-corrected chi connectivity index (χ4v) is 3.27. The van der Waals surface area contributed by atoms with Gasteiger partial charge in [0.15, 0.2) is 0 Å². The molecular formula is C11H22N4O2S. The summed E-state index contributed by atoms with van der Waals surface area (Å²) < 4.78 is 27.6. The molecule has 0 atom stereocenters. The van der Waals surface area contributed by atoms with Crippen molar-refractivity contribution in [2.24, 2.45) is 0 Å². The minimum Gasteiger partial charge on any atom is -0.285 e. The van der Waals surface area contributed by atoms with Crippen LogP contribution in [0.1, 0.15) is 32.3 Å². The van der Waals surface area contributed by atoms with Crippen LogP contribution in [0.3, 0.4) is 0 Å². The molecule has 0 aromatic carbocycles. The maximum Gasteiger partial charge on any atom is 0.282 e. The minimum atomic E-state index is -3.38. The van der Waals surface area contributed by atoms with E-state index >= 15 is 0 Å². The van der Waals surface area contributed by atoms with E-state index in [1.54, 1.807) is 19.4 Å². The predicted octanol–water partition coefficient (Wildman–Crippen LogP) is 1.21. The van der Waals surface area contributed by atoms with Crippen molar-refractivity contribution in [3.63, 3.8) is 0 Å². The molecular weight excluding hydrogens is 252 g/mol. The van der Waals surface area contributed by atoms with Crippen molar-refractivity contribution in [1.29, 1.82) is 0 Å². The van der Waals surface area contributed by atoms with Gasteiger partial charge in [-0.2, -0.15) is 22.1 Å². The van der Waals surface area contributed by atoms with Crippen LogP contribution in [-0.4, -0.2) is 47.4 Å². The first-order valence-corrected chi connectivity index (χ1v) is 7.61. The van der Waals surface area contributed by atoms with Gasteiger partial charge in [-0.25, -0.2) is 0 Å². The molecule has 0 aliphatic rings. The van der Waals surface area contributed by atoms with E-state index in [4.69, 9.17) is 0 Å². The Hall–Kier alpha value is -0.920. The second-order valence-electron chi connectivity index (χ2n) is 4.27. The molecule has 0 aliphatic carbocycles. The molecule has 0 fully saturated rings. The fraction of sp³-hybridized carbons (Fsp3) is 0.727. The summed E-state index contributed by atoms with van der Waals surface area (Å²) in [4.78, 5) is 0. The number of aromatic nitrogens is 2. The lowest BCUT2D eigenvalue weighted by molar-refractivity contribution is 0.355. The minimum absolute atomic E-state index is 0.336. The molecule has 0 radical (unpaired) electrons. The second kappa shape index (κ2) is 6.86. The van der Waals surface area contributed by atoms with Crippen molar-refractivity contribution < 1.29 is 8.42 Å². The molecule has 0 saturated carbocycles. The van der Waals surface area contributed by atoms with Gasteiger partial charge in [-0.1, -0.05) is 13.8 Å². The Kier molecular flexibility index (Phi) is 5.77. The second-order valence-corrected chi connectivity index (χ2v) is 6.30. The number of H-pyrrole nitrogens is 1. The average molecular weight is 274 g/mol. The third-order valence-corrected chi connectivity index (χ3v) is 4.56. The van der Waals surface area contributed by atoms with Crippen LogP contribution in [0.2, 0.25) is 0 Å². The SMILES string of the molecule is CCCN(CCC)S(=O)(=O)N(C)Cc1cn[nH]c1. The van der Waals surface area contributed by atoms with E-state index in [9.17, 15) is 8.42 Å². The maximum atomic E-state index is 12.4. The summed E-state index contributed by atoms with van der Waals surface area (Å²) in [6, 6.07) is 0. The van der Waals surface area contributed by atoms with E-state index in [2.05, 4.69) is 10.2 Å². The van der Waals surface area contributed by atoms with Gasteiger partial charge in [-0.05, 0) is 12.8 Å². The average Bonchev–Trinajstić information content (AvgIpc) is 2.81. The van der Waals surface area contributed by atoms with Crippen LogP contribution in [0.15, 0.2) is 12.4 Å². The van der Waals surface area contributed by atoms with Crippen LogP contribution >= 0.6 is 0 Å². The highest BCUT2D eigenvalue weighted by Gasteiger charge is 2.25.